The van der Waals surface area contributed by atoms with Gasteiger partial charge in [0, 0.05) is 19.8 Å². The first-order valence-electron chi connectivity index (χ1n) is 14.3. The van der Waals surface area contributed by atoms with Crippen LogP contribution in [-0.4, -0.2) is 25.9 Å². The van der Waals surface area contributed by atoms with E-state index < -0.39 is 0 Å². The minimum Gasteiger partial charge on any atom is -0.381 e. The third kappa shape index (κ3) is 27.4. The van der Waals surface area contributed by atoms with Crippen LogP contribution in [0.15, 0.2) is 24.3 Å². The second-order valence-corrected chi connectivity index (χ2v) is 9.43. The van der Waals surface area contributed by atoms with Crippen molar-refractivity contribution in [1.82, 2.24) is 0 Å². The van der Waals surface area contributed by atoms with Gasteiger partial charge in [-0.25, -0.2) is 0 Å². The molecule has 0 aliphatic carbocycles. The van der Waals surface area contributed by atoms with E-state index in [0.29, 0.717) is 6.10 Å². The Morgan fingerprint density at radius 1 is 0.531 bits per heavy atom. The Kier molecular flexibility index (Phi) is 27.9. The highest BCUT2D eigenvalue weighted by molar-refractivity contribution is 4.92. The highest BCUT2D eigenvalue weighted by atomic mass is 16.5. The first-order chi connectivity index (χ1) is 15.8. The summed E-state index contributed by atoms with van der Waals surface area (Å²) in [7, 11) is 0. The van der Waals surface area contributed by atoms with Crippen molar-refractivity contribution in [1.29, 1.82) is 0 Å². The molecule has 0 aromatic carbocycles. The summed E-state index contributed by atoms with van der Waals surface area (Å²) in [5.74, 6) is 0. The van der Waals surface area contributed by atoms with Crippen molar-refractivity contribution < 1.29 is 9.47 Å². The molecule has 0 heterocycles. The lowest BCUT2D eigenvalue weighted by molar-refractivity contribution is 0.0367. The fourth-order valence-electron chi connectivity index (χ4n) is 3.86. The molecule has 0 aliphatic rings. The maximum Gasteiger partial charge on any atom is 0.0547 e. The SMILES string of the molecule is CCCCC/C=C\C/C=C\CCCCCCCCOCCCOC(C)CCCCCCC. The van der Waals surface area contributed by atoms with Gasteiger partial charge in [-0.3, -0.25) is 0 Å². The largest absolute Gasteiger partial charge is 0.381 e. The topological polar surface area (TPSA) is 18.5 Å². The average Bonchev–Trinajstić information content (AvgIpc) is 2.80. The molecule has 0 rings (SSSR count). The molecule has 32 heavy (non-hydrogen) atoms. The van der Waals surface area contributed by atoms with Crippen molar-refractivity contribution in [2.24, 2.45) is 0 Å². The van der Waals surface area contributed by atoms with Gasteiger partial charge in [0.2, 0.25) is 0 Å². The van der Waals surface area contributed by atoms with Crippen LogP contribution in [0.5, 0.6) is 0 Å². The number of allylic oxidation sites excluding steroid dienone is 4. The van der Waals surface area contributed by atoms with E-state index >= 15 is 0 Å². The standard InChI is InChI=1S/C30H58O2/c1-4-6-8-10-11-12-13-14-15-16-17-18-19-20-22-24-27-31-28-25-29-32-30(3)26-23-21-9-7-5-2/h11-12,14-15,30H,4-10,13,16-29H2,1-3H3/b12-11-,15-14-. The first-order valence-corrected chi connectivity index (χ1v) is 14.3. The summed E-state index contributed by atoms with van der Waals surface area (Å²) in [6, 6.07) is 0. The van der Waals surface area contributed by atoms with Crippen LogP contribution in [0.1, 0.15) is 143 Å². The zero-order chi connectivity index (χ0) is 23.4. The van der Waals surface area contributed by atoms with Crippen molar-refractivity contribution >= 4 is 0 Å². The molecular formula is C30H58O2. The van der Waals surface area contributed by atoms with Crippen LogP contribution < -0.4 is 0 Å². The average molecular weight is 451 g/mol. The van der Waals surface area contributed by atoms with Crippen molar-refractivity contribution in [3.8, 4) is 0 Å². The Bertz CT molecular complexity index is 388. The van der Waals surface area contributed by atoms with Gasteiger partial charge in [-0.05, 0) is 58.3 Å². The predicted octanol–water partition coefficient (Wildman–Crippen LogP) is 9.97. The second-order valence-electron chi connectivity index (χ2n) is 9.43. The quantitative estimate of drug-likeness (QED) is 0.0963. The molecule has 0 aromatic rings. The lowest BCUT2D eigenvalue weighted by Crippen LogP contribution is -2.11. The molecule has 1 unspecified atom stereocenters. The Labute approximate surface area is 202 Å². The number of rotatable bonds is 26. The summed E-state index contributed by atoms with van der Waals surface area (Å²) in [5, 5.41) is 0. The summed E-state index contributed by atoms with van der Waals surface area (Å²) < 4.78 is 11.7. The number of hydrogen-bond acceptors (Lipinski definition) is 2. The van der Waals surface area contributed by atoms with Gasteiger partial charge in [0.15, 0.2) is 0 Å². The molecule has 0 saturated heterocycles. The lowest BCUT2D eigenvalue weighted by atomic mass is 10.1. The normalized spacial score (nSPS) is 13.0. The van der Waals surface area contributed by atoms with E-state index in [1.54, 1.807) is 0 Å². The summed E-state index contributed by atoms with van der Waals surface area (Å²) >= 11 is 0. The van der Waals surface area contributed by atoms with Crippen LogP contribution in [0.2, 0.25) is 0 Å². The zero-order valence-corrected chi connectivity index (χ0v) is 22.3. The molecular weight excluding hydrogens is 392 g/mol. The van der Waals surface area contributed by atoms with E-state index in [1.165, 1.54) is 109 Å². The zero-order valence-electron chi connectivity index (χ0n) is 22.3. The molecule has 0 aliphatic heterocycles. The Balaban J connectivity index is 3.18. The third-order valence-corrected chi connectivity index (χ3v) is 6.04. The Morgan fingerprint density at radius 3 is 1.78 bits per heavy atom. The molecule has 0 fully saturated rings. The van der Waals surface area contributed by atoms with Gasteiger partial charge in [-0.15, -0.1) is 0 Å². The van der Waals surface area contributed by atoms with Crippen LogP contribution in [0.4, 0.5) is 0 Å². The van der Waals surface area contributed by atoms with Crippen LogP contribution >= 0.6 is 0 Å². The fraction of sp³-hybridized carbons (Fsp3) is 0.867. The molecule has 0 amide bonds. The fourth-order valence-corrected chi connectivity index (χ4v) is 3.86. The van der Waals surface area contributed by atoms with Gasteiger partial charge in [0.25, 0.3) is 0 Å². The number of hydrogen-bond donors (Lipinski definition) is 0. The summed E-state index contributed by atoms with van der Waals surface area (Å²) in [5.41, 5.74) is 0. The van der Waals surface area contributed by atoms with Gasteiger partial charge in [0.05, 0.1) is 6.10 Å². The number of ether oxygens (including phenoxy) is 2. The van der Waals surface area contributed by atoms with Gasteiger partial charge >= 0.3 is 0 Å². The Hall–Kier alpha value is -0.600. The highest BCUT2D eigenvalue weighted by Gasteiger charge is 2.01. The molecule has 0 saturated carbocycles. The van der Waals surface area contributed by atoms with Crippen LogP contribution in [0.3, 0.4) is 0 Å². The van der Waals surface area contributed by atoms with E-state index in [1.807, 2.05) is 0 Å². The van der Waals surface area contributed by atoms with Crippen LogP contribution in [0, 0.1) is 0 Å². The first kappa shape index (κ1) is 31.4. The maximum absolute atomic E-state index is 5.90. The highest BCUT2D eigenvalue weighted by Crippen LogP contribution is 2.10. The lowest BCUT2D eigenvalue weighted by Gasteiger charge is -2.13. The molecule has 0 spiro atoms. The van der Waals surface area contributed by atoms with Gasteiger partial charge in [-0.2, -0.15) is 0 Å². The van der Waals surface area contributed by atoms with E-state index in [2.05, 4.69) is 45.1 Å². The van der Waals surface area contributed by atoms with E-state index in [-0.39, 0.29) is 0 Å². The summed E-state index contributed by atoms with van der Waals surface area (Å²) in [6.45, 7) is 9.36. The second kappa shape index (κ2) is 28.4. The molecule has 2 nitrogen and oxygen atoms in total. The van der Waals surface area contributed by atoms with Gasteiger partial charge in [-0.1, -0.05) is 109 Å². The smallest absolute Gasteiger partial charge is 0.0547 e. The van der Waals surface area contributed by atoms with Crippen molar-refractivity contribution in [2.45, 2.75) is 149 Å². The van der Waals surface area contributed by atoms with Crippen LogP contribution in [0.25, 0.3) is 0 Å². The van der Waals surface area contributed by atoms with Crippen molar-refractivity contribution in [3.63, 3.8) is 0 Å². The van der Waals surface area contributed by atoms with E-state index in [0.717, 1.165) is 32.7 Å². The van der Waals surface area contributed by atoms with Gasteiger partial charge in [0.1, 0.15) is 0 Å². The predicted molar refractivity (Wildman–Crippen MR) is 144 cm³/mol. The molecule has 0 bridgehead atoms. The summed E-state index contributed by atoms with van der Waals surface area (Å²) in [6.07, 6.45) is 34.3. The molecule has 1 atom stereocenters. The van der Waals surface area contributed by atoms with Crippen molar-refractivity contribution in [3.05, 3.63) is 24.3 Å². The van der Waals surface area contributed by atoms with Crippen LogP contribution in [-0.2, 0) is 9.47 Å². The van der Waals surface area contributed by atoms with E-state index in [9.17, 15) is 0 Å². The molecule has 0 N–H and O–H groups in total. The monoisotopic (exact) mass is 450 g/mol. The summed E-state index contributed by atoms with van der Waals surface area (Å²) in [4.78, 5) is 0. The minimum atomic E-state index is 0.407. The molecule has 0 radical (unpaired) electrons. The van der Waals surface area contributed by atoms with Gasteiger partial charge < -0.3 is 9.47 Å². The Morgan fingerprint density at radius 2 is 1.06 bits per heavy atom. The molecule has 2 heteroatoms. The molecule has 0 aromatic heterocycles. The number of unbranched alkanes of at least 4 members (excludes halogenated alkanes) is 13. The van der Waals surface area contributed by atoms with E-state index in [4.69, 9.17) is 9.47 Å². The minimum absolute atomic E-state index is 0.407. The third-order valence-electron chi connectivity index (χ3n) is 6.04. The van der Waals surface area contributed by atoms with Crippen molar-refractivity contribution in [2.75, 3.05) is 19.8 Å². The maximum atomic E-state index is 5.90. The molecule has 190 valence electrons.